The monoisotopic (exact) mass is 490 g/mol. The Morgan fingerprint density at radius 2 is 1.69 bits per heavy atom. The summed E-state index contributed by atoms with van der Waals surface area (Å²) in [5, 5.41) is 19.1. The van der Waals surface area contributed by atoms with Gasteiger partial charge in [0, 0.05) is 18.8 Å². The molecule has 1 heterocycles. The third-order valence-corrected chi connectivity index (χ3v) is 7.10. The summed E-state index contributed by atoms with van der Waals surface area (Å²) in [4.78, 5) is 15.8. The van der Waals surface area contributed by atoms with Gasteiger partial charge in [-0.1, -0.05) is 60.2 Å². The summed E-state index contributed by atoms with van der Waals surface area (Å²) >= 11 is 1.17. The van der Waals surface area contributed by atoms with E-state index >= 15 is 0 Å². The topological polar surface area (TPSA) is 72.8 Å². The molecule has 0 aliphatic carbocycles. The van der Waals surface area contributed by atoms with E-state index in [0.29, 0.717) is 14.9 Å². The van der Waals surface area contributed by atoms with Gasteiger partial charge in [0.15, 0.2) is 5.57 Å². The van der Waals surface area contributed by atoms with Gasteiger partial charge in [0.25, 0.3) is 5.56 Å². The maximum absolute atomic E-state index is 13.5. The second-order valence-electron chi connectivity index (χ2n) is 8.54. The molecular formula is C30H26N4OS. The second kappa shape index (κ2) is 10.9. The van der Waals surface area contributed by atoms with Crippen LogP contribution in [0.15, 0.2) is 77.6 Å². The number of nitriles is 2. The molecule has 3 aromatic carbocycles. The largest absolute Gasteiger partial charge is 0.367 e. The van der Waals surface area contributed by atoms with E-state index in [4.69, 9.17) is 0 Å². The molecule has 4 aromatic rings. The zero-order chi connectivity index (χ0) is 25.7. The van der Waals surface area contributed by atoms with Gasteiger partial charge in [0.1, 0.15) is 16.8 Å². The molecule has 36 heavy (non-hydrogen) atoms. The minimum absolute atomic E-state index is 0.0772. The number of hydrogen-bond donors (Lipinski definition) is 0. The Kier molecular flexibility index (Phi) is 7.49. The highest BCUT2D eigenvalue weighted by Crippen LogP contribution is 2.18. The molecule has 5 nitrogen and oxygen atoms in total. The fraction of sp³-hybridized carbons (Fsp3) is 0.167. The lowest BCUT2D eigenvalue weighted by Gasteiger charge is -2.23. The van der Waals surface area contributed by atoms with Crippen molar-refractivity contribution in [3.05, 3.63) is 115 Å². The van der Waals surface area contributed by atoms with Crippen LogP contribution in [0.2, 0.25) is 0 Å². The van der Waals surface area contributed by atoms with E-state index in [1.54, 1.807) is 0 Å². The zero-order valence-electron chi connectivity index (χ0n) is 20.5. The van der Waals surface area contributed by atoms with Crippen LogP contribution in [0.1, 0.15) is 29.2 Å². The maximum atomic E-state index is 13.5. The van der Waals surface area contributed by atoms with Gasteiger partial charge in [0.05, 0.1) is 10.2 Å². The van der Waals surface area contributed by atoms with Gasteiger partial charge in [-0.15, -0.1) is 11.3 Å². The number of hydrogen-bond acceptors (Lipinski definition) is 5. The van der Waals surface area contributed by atoms with Crippen LogP contribution >= 0.6 is 11.3 Å². The fourth-order valence-corrected chi connectivity index (χ4v) is 5.22. The van der Waals surface area contributed by atoms with Crippen LogP contribution in [-0.4, -0.2) is 11.1 Å². The number of aromatic nitrogens is 1. The van der Waals surface area contributed by atoms with Crippen LogP contribution in [0.3, 0.4) is 0 Å². The molecule has 0 saturated carbocycles. The molecule has 0 unspecified atom stereocenters. The molecule has 178 valence electrons. The van der Waals surface area contributed by atoms with Crippen LogP contribution in [-0.2, 0) is 6.54 Å². The average molecular weight is 491 g/mol. The van der Waals surface area contributed by atoms with Crippen LogP contribution in [0.25, 0.3) is 17.3 Å². The van der Waals surface area contributed by atoms with E-state index in [9.17, 15) is 15.3 Å². The third-order valence-electron chi connectivity index (χ3n) is 6.01. The lowest BCUT2D eigenvalue weighted by Crippen LogP contribution is -2.31. The van der Waals surface area contributed by atoms with Crippen molar-refractivity contribution in [2.75, 3.05) is 11.4 Å². The predicted octanol–water partition coefficient (Wildman–Crippen LogP) is 4.57. The highest BCUT2D eigenvalue weighted by atomic mass is 32.1. The Balaban J connectivity index is 1.78. The van der Waals surface area contributed by atoms with Crippen molar-refractivity contribution in [2.24, 2.45) is 0 Å². The molecule has 0 spiro atoms. The van der Waals surface area contributed by atoms with E-state index in [-0.39, 0.29) is 11.1 Å². The van der Waals surface area contributed by atoms with Crippen LogP contribution in [0.5, 0.6) is 0 Å². The van der Waals surface area contributed by atoms with Crippen molar-refractivity contribution < 1.29 is 0 Å². The zero-order valence-corrected chi connectivity index (χ0v) is 21.3. The average Bonchev–Trinajstić information content (AvgIpc) is 3.20. The summed E-state index contributed by atoms with van der Waals surface area (Å²) in [6, 6.07) is 28.1. The van der Waals surface area contributed by atoms with Crippen LogP contribution < -0.4 is 19.7 Å². The second-order valence-corrected chi connectivity index (χ2v) is 9.57. The van der Waals surface area contributed by atoms with Gasteiger partial charge in [-0.05, 0) is 61.7 Å². The highest BCUT2D eigenvalue weighted by Gasteiger charge is 2.13. The molecule has 0 aliphatic rings. The SMILES string of the molecule is CCN(Cc1ccccc1)c1ccc(C=c2sc(=C(C#N)C#N)n(-c3ccc(C)cc3C)c2=O)cc1. The summed E-state index contributed by atoms with van der Waals surface area (Å²) in [6.07, 6.45) is 1.82. The van der Waals surface area contributed by atoms with Gasteiger partial charge < -0.3 is 4.90 Å². The lowest BCUT2D eigenvalue weighted by atomic mass is 10.1. The van der Waals surface area contributed by atoms with Gasteiger partial charge in [-0.25, -0.2) is 0 Å². The van der Waals surface area contributed by atoms with Crippen molar-refractivity contribution in [1.29, 1.82) is 10.5 Å². The molecule has 0 atom stereocenters. The maximum Gasteiger partial charge on any atom is 0.273 e. The first-order valence-electron chi connectivity index (χ1n) is 11.7. The predicted molar refractivity (Wildman–Crippen MR) is 146 cm³/mol. The van der Waals surface area contributed by atoms with Crippen LogP contribution in [0.4, 0.5) is 5.69 Å². The van der Waals surface area contributed by atoms with Crippen molar-refractivity contribution >= 4 is 28.7 Å². The molecule has 4 rings (SSSR count). The van der Waals surface area contributed by atoms with Crippen molar-refractivity contribution in [3.63, 3.8) is 0 Å². The number of aryl methyl sites for hydroxylation is 2. The van der Waals surface area contributed by atoms with Crippen molar-refractivity contribution in [1.82, 2.24) is 4.57 Å². The Bertz CT molecular complexity index is 1630. The summed E-state index contributed by atoms with van der Waals surface area (Å²) in [5.41, 5.74) is 5.56. The molecular weight excluding hydrogens is 464 g/mol. The molecule has 0 N–H and O–H groups in total. The van der Waals surface area contributed by atoms with Gasteiger partial charge in [-0.2, -0.15) is 10.5 Å². The van der Waals surface area contributed by atoms with Crippen molar-refractivity contribution in [3.8, 4) is 17.8 Å². The molecule has 0 amide bonds. The molecule has 0 fully saturated rings. The summed E-state index contributed by atoms with van der Waals surface area (Å²) in [5.74, 6) is 0. The van der Waals surface area contributed by atoms with E-state index in [0.717, 1.165) is 35.5 Å². The first-order chi connectivity index (χ1) is 17.4. The Morgan fingerprint density at radius 3 is 2.31 bits per heavy atom. The quantitative estimate of drug-likeness (QED) is 0.397. The Labute approximate surface area is 214 Å². The Morgan fingerprint density at radius 1 is 1.00 bits per heavy atom. The third kappa shape index (κ3) is 5.15. The minimum atomic E-state index is -0.242. The molecule has 6 heteroatoms. The molecule has 1 aromatic heterocycles. The van der Waals surface area contributed by atoms with Gasteiger partial charge >= 0.3 is 0 Å². The highest BCUT2D eigenvalue weighted by molar-refractivity contribution is 7.07. The first kappa shape index (κ1) is 24.7. The van der Waals surface area contributed by atoms with Crippen molar-refractivity contribution in [2.45, 2.75) is 27.3 Å². The van der Waals surface area contributed by atoms with E-state index in [2.05, 4.69) is 36.1 Å². The smallest absolute Gasteiger partial charge is 0.273 e. The molecule has 0 aliphatic heterocycles. The Hall–Kier alpha value is -4.39. The lowest BCUT2D eigenvalue weighted by molar-refractivity contribution is 0.832. The number of thiazole rings is 1. The summed E-state index contributed by atoms with van der Waals surface area (Å²) < 4.78 is 2.30. The molecule has 0 saturated heterocycles. The molecule has 0 bridgehead atoms. The van der Waals surface area contributed by atoms with E-state index in [1.807, 2.05) is 80.6 Å². The van der Waals surface area contributed by atoms with Gasteiger partial charge in [0.2, 0.25) is 0 Å². The number of benzene rings is 3. The fourth-order valence-electron chi connectivity index (χ4n) is 4.17. The standard InChI is InChI=1S/C30H26N4OS/c1-4-33(20-24-8-6-5-7-9-24)26-13-11-23(12-14-26)17-28-29(35)34(30(36-28)25(18-31)19-32)27-15-10-21(2)16-22(27)3/h5-17H,4,20H2,1-3H3. The first-order valence-corrected chi connectivity index (χ1v) is 12.5. The number of anilines is 1. The van der Waals surface area contributed by atoms with E-state index < -0.39 is 0 Å². The van der Waals surface area contributed by atoms with Gasteiger partial charge in [-0.3, -0.25) is 9.36 Å². The van der Waals surface area contributed by atoms with E-state index in [1.165, 1.54) is 21.5 Å². The van der Waals surface area contributed by atoms with Crippen LogP contribution in [0, 0.1) is 36.5 Å². The summed E-state index contributed by atoms with van der Waals surface area (Å²) in [7, 11) is 0. The normalized spacial score (nSPS) is 11.1. The minimum Gasteiger partial charge on any atom is -0.367 e. The summed E-state index contributed by atoms with van der Waals surface area (Å²) in [6.45, 7) is 7.72. The molecule has 0 radical (unpaired) electrons. The number of rotatable bonds is 6. The number of nitrogens with zero attached hydrogens (tertiary/aromatic N) is 4.